The van der Waals surface area contributed by atoms with E-state index in [2.05, 4.69) is 18.7 Å². The smallest absolute Gasteiger partial charge is 0.303 e. The average molecular weight is 486 g/mol. The van der Waals surface area contributed by atoms with Crippen molar-refractivity contribution in [1.82, 2.24) is 0 Å². The normalized spacial score (nSPS) is 10.9. The number of primary amides is 1. The minimum absolute atomic E-state index is 0.0595. The number of amides is 1. The van der Waals surface area contributed by atoms with Crippen molar-refractivity contribution in [1.29, 1.82) is 0 Å². The number of benzene rings is 2. The summed E-state index contributed by atoms with van der Waals surface area (Å²) >= 11 is 0. The number of aryl methyl sites for hydroxylation is 1. The third-order valence-electron chi connectivity index (χ3n) is 5.43. The van der Waals surface area contributed by atoms with E-state index in [1.165, 1.54) is 0 Å². The minimum atomic E-state index is -0.836. The molecule has 5 N–H and O–H groups in total. The molecule has 0 aromatic heterocycles. The summed E-state index contributed by atoms with van der Waals surface area (Å²) in [7, 11) is 0. The minimum Gasteiger partial charge on any atom is -0.493 e. The van der Waals surface area contributed by atoms with Crippen LogP contribution in [-0.2, 0) is 22.6 Å². The van der Waals surface area contributed by atoms with Gasteiger partial charge in [-0.15, -0.1) is 0 Å². The Hall–Kier alpha value is -3.26. The maximum Gasteiger partial charge on any atom is 0.303 e. The van der Waals surface area contributed by atoms with E-state index in [9.17, 15) is 9.59 Å². The molecule has 192 valence electrons. The van der Waals surface area contributed by atoms with E-state index in [-0.39, 0.29) is 18.7 Å². The molecule has 0 heterocycles. The molecule has 0 radical (unpaired) electrons. The molecule has 8 nitrogen and oxygen atoms in total. The largest absolute Gasteiger partial charge is 0.493 e. The molecule has 8 heteroatoms. The number of anilines is 1. The number of nitrogens with zero attached hydrogens (tertiary/aromatic N) is 1. The molecule has 0 aliphatic heterocycles. The van der Waals surface area contributed by atoms with Gasteiger partial charge in [-0.25, -0.2) is 0 Å². The zero-order valence-corrected chi connectivity index (χ0v) is 20.9. The molecule has 35 heavy (non-hydrogen) atoms. The van der Waals surface area contributed by atoms with Gasteiger partial charge in [0.15, 0.2) is 0 Å². The van der Waals surface area contributed by atoms with Crippen molar-refractivity contribution in [2.24, 2.45) is 17.4 Å². The standard InChI is InChI=1S/C27H39N3O5/c1-20(2)10-14-35-25-17-22(16-24(18-25)34-13-4-11-28)19-30(12-9-26(29)31)23-6-3-5-21(15-23)7-8-27(32)33/h3,5-6,15-18,20H,4,7-14,19,28H2,1-2H3,(H2,29,31)(H,32,33). The summed E-state index contributed by atoms with van der Waals surface area (Å²) in [5, 5.41) is 9.02. The number of ether oxygens (including phenoxy) is 2. The number of aliphatic carboxylic acids is 1. The molecule has 0 aliphatic carbocycles. The number of hydrogen-bond donors (Lipinski definition) is 3. The molecule has 0 atom stereocenters. The van der Waals surface area contributed by atoms with Crippen LogP contribution in [0.2, 0.25) is 0 Å². The summed E-state index contributed by atoms with van der Waals surface area (Å²) in [6, 6.07) is 13.6. The number of carbonyl (C=O) groups excluding carboxylic acids is 1. The zero-order chi connectivity index (χ0) is 25.6. The van der Waals surface area contributed by atoms with E-state index < -0.39 is 5.97 Å². The van der Waals surface area contributed by atoms with E-state index in [4.69, 9.17) is 26.0 Å². The SMILES string of the molecule is CC(C)CCOc1cc(CN(CCC(N)=O)c2cccc(CCC(=O)O)c2)cc(OCCCN)c1. The molecule has 0 fully saturated rings. The molecule has 0 bridgehead atoms. The number of hydrogen-bond acceptors (Lipinski definition) is 6. The molecule has 0 saturated heterocycles. The van der Waals surface area contributed by atoms with Gasteiger partial charge in [0, 0.05) is 37.7 Å². The zero-order valence-electron chi connectivity index (χ0n) is 20.9. The number of rotatable bonds is 17. The van der Waals surface area contributed by atoms with E-state index in [1.54, 1.807) is 0 Å². The lowest BCUT2D eigenvalue weighted by molar-refractivity contribution is -0.137. The Balaban J connectivity index is 2.28. The Morgan fingerprint density at radius 2 is 1.71 bits per heavy atom. The second kappa shape index (κ2) is 14.9. The van der Waals surface area contributed by atoms with Gasteiger partial charge in [0.05, 0.1) is 13.2 Å². The van der Waals surface area contributed by atoms with Crippen molar-refractivity contribution in [2.75, 3.05) is 31.2 Å². The number of carboxylic acids is 1. The van der Waals surface area contributed by atoms with Crippen molar-refractivity contribution in [3.63, 3.8) is 0 Å². The average Bonchev–Trinajstić information content (AvgIpc) is 2.80. The summed E-state index contributed by atoms with van der Waals surface area (Å²) in [5.74, 6) is 0.763. The van der Waals surface area contributed by atoms with Crippen LogP contribution in [-0.4, -0.2) is 43.3 Å². The highest BCUT2D eigenvalue weighted by molar-refractivity contribution is 5.74. The van der Waals surface area contributed by atoms with Crippen LogP contribution in [0.3, 0.4) is 0 Å². The van der Waals surface area contributed by atoms with E-state index in [0.717, 1.165) is 35.4 Å². The first kappa shape index (κ1) is 28.0. The highest BCUT2D eigenvalue weighted by Crippen LogP contribution is 2.27. The fourth-order valence-corrected chi connectivity index (χ4v) is 3.50. The van der Waals surface area contributed by atoms with Crippen molar-refractivity contribution in [2.45, 2.75) is 52.5 Å². The van der Waals surface area contributed by atoms with Crippen LogP contribution in [0.1, 0.15) is 50.7 Å². The van der Waals surface area contributed by atoms with E-state index in [0.29, 0.717) is 50.9 Å². The van der Waals surface area contributed by atoms with Crippen LogP contribution in [0, 0.1) is 5.92 Å². The molecular formula is C27H39N3O5. The van der Waals surface area contributed by atoms with Crippen molar-refractivity contribution in [3.8, 4) is 11.5 Å². The van der Waals surface area contributed by atoms with Crippen LogP contribution in [0.5, 0.6) is 11.5 Å². The number of nitrogens with two attached hydrogens (primary N) is 2. The van der Waals surface area contributed by atoms with Crippen LogP contribution < -0.4 is 25.8 Å². The molecular weight excluding hydrogens is 446 g/mol. The van der Waals surface area contributed by atoms with Gasteiger partial charge >= 0.3 is 5.97 Å². The molecule has 0 spiro atoms. The summed E-state index contributed by atoms with van der Waals surface area (Å²) in [6.45, 7) is 6.92. The molecule has 2 aromatic rings. The van der Waals surface area contributed by atoms with Crippen molar-refractivity contribution < 1.29 is 24.2 Å². The molecule has 2 aromatic carbocycles. The third kappa shape index (κ3) is 11.1. The Kier molecular flexibility index (Phi) is 11.9. The first-order chi connectivity index (χ1) is 16.8. The lowest BCUT2D eigenvalue weighted by Crippen LogP contribution is -2.27. The van der Waals surface area contributed by atoms with Crippen LogP contribution in [0.15, 0.2) is 42.5 Å². The van der Waals surface area contributed by atoms with Gasteiger partial charge in [0.1, 0.15) is 11.5 Å². The second-order valence-corrected chi connectivity index (χ2v) is 9.04. The summed E-state index contributed by atoms with van der Waals surface area (Å²) < 4.78 is 11.9. The summed E-state index contributed by atoms with van der Waals surface area (Å²) in [6.07, 6.45) is 2.39. The maximum absolute atomic E-state index is 11.5. The van der Waals surface area contributed by atoms with Gasteiger partial charge in [0.25, 0.3) is 0 Å². The van der Waals surface area contributed by atoms with Crippen LogP contribution in [0.4, 0.5) is 5.69 Å². The highest BCUT2D eigenvalue weighted by Gasteiger charge is 2.13. The molecule has 0 unspecified atom stereocenters. The van der Waals surface area contributed by atoms with Gasteiger partial charge in [-0.1, -0.05) is 26.0 Å². The van der Waals surface area contributed by atoms with E-state index >= 15 is 0 Å². The predicted molar refractivity (Wildman–Crippen MR) is 138 cm³/mol. The fourth-order valence-electron chi connectivity index (χ4n) is 3.50. The lowest BCUT2D eigenvalue weighted by Gasteiger charge is -2.26. The first-order valence-electron chi connectivity index (χ1n) is 12.2. The predicted octanol–water partition coefficient (Wildman–Crippen LogP) is 3.74. The number of carboxylic acid groups (broad SMARTS) is 1. The van der Waals surface area contributed by atoms with Gasteiger partial charge in [-0.05, 0) is 67.1 Å². The van der Waals surface area contributed by atoms with Crippen LogP contribution >= 0.6 is 0 Å². The van der Waals surface area contributed by atoms with Crippen molar-refractivity contribution >= 4 is 17.6 Å². The summed E-state index contributed by atoms with van der Waals surface area (Å²) in [5.41, 5.74) is 13.8. The Morgan fingerprint density at radius 3 is 2.34 bits per heavy atom. The Labute approximate surface area is 208 Å². The second-order valence-electron chi connectivity index (χ2n) is 9.04. The Morgan fingerprint density at radius 1 is 1.00 bits per heavy atom. The Bertz CT molecular complexity index is 948. The molecule has 0 aliphatic rings. The third-order valence-corrected chi connectivity index (χ3v) is 5.43. The van der Waals surface area contributed by atoms with Gasteiger partial charge in [0.2, 0.25) is 5.91 Å². The quantitative estimate of drug-likeness (QED) is 0.291. The number of carbonyl (C=O) groups is 2. The topological polar surface area (TPSA) is 128 Å². The van der Waals surface area contributed by atoms with Crippen molar-refractivity contribution in [3.05, 3.63) is 53.6 Å². The molecule has 2 rings (SSSR count). The fraction of sp³-hybridized carbons (Fsp3) is 0.481. The maximum atomic E-state index is 11.5. The van der Waals surface area contributed by atoms with Gasteiger partial charge in [-0.3, -0.25) is 9.59 Å². The summed E-state index contributed by atoms with van der Waals surface area (Å²) in [4.78, 5) is 24.6. The van der Waals surface area contributed by atoms with Gasteiger partial charge < -0.3 is 30.9 Å². The van der Waals surface area contributed by atoms with Gasteiger partial charge in [-0.2, -0.15) is 0 Å². The monoisotopic (exact) mass is 485 g/mol. The molecule has 0 saturated carbocycles. The van der Waals surface area contributed by atoms with E-state index in [1.807, 2.05) is 42.5 Å². The van der Waals surface area contributed by atoms with Crippen LogP contribution in [0.25, 0.3) is 0 Å². The molecule has 1 amide bonds. The first-order valence-corrected chi connectivity index (χ1v) is 12.2. The highest BCUT2D eigenvalue weighted by atomic mass is 16.5. The lowest BCUT2D eigenvalue weighted by atomic mass is 10.1.